The molecule has 7 nitrogen and oxygen atoms in total. The van der Waals surface area contributed by atoms with E-state index in [4.69, 9.17) is 4.74 Å². The number of carbonyl (C=O) groups excluding carboxylic acids is 2. The van der Waals surface area contributed by atoms with E-state index in [-0.39, 0.29) is 36.5 Å². The first kappa shape index (κ1) is 20.2. The average molecular weight is 402 g/mol. The van der Waals surface area contributed by atoms with Crippen molar-refractivity contribution in [3.8, 4) is 5.75 Å². The monoisotopic (exact) mass is 401 g/mol. The SMILES string of the molecule is C[C@@H]1Oc2ccccc2N(CC(=O)NC2CCN([C@@H]3CCCC[C@@H]3O)CC2)C1=O. The molecule has 4 rings (SSSR count). The molecule has 1 aliphatic carbocycles. The first-order valence-electron chi connectivity index (χ1n) is 10.8. The summed E-state index contributed by atoms with van der Waals surface area (Å²) in [4.78, 5) is 29.1. The third-order valence-corrected chi connectivity index (χ3v) is 6.43. The van der Waals surface area contributed by atoms with Crippen LogP contribution in [0.3, 0.4) is 0 Å². The molecule has 2 N–H and O–H groups in total. The number of piperidine rings is 1. The van der Waals surface area contributed by atoms with Crippen LogP contribution in [-0.4, -0.2) is 65.7 Å². The fourth-order valence-electron chi connectivity index (χ4n) is 4.83. The molecule has 7 heteroatoms. The van der Waals surface area contributed by atoms with Crippen LogP contribution in [0, 0.1) is 0 Å². The maximum Gasteiger partial charge on any atom is 0.268 e. The van der Waals surface area contributed by atoms with Gasteiger partial charge in [-0.3, -0.25) is 19.4 Å². The van der Waals surface area contributed by atoms with E-state index in [1.165, 1.54) is 11.3 Å². The number of anilines is 1. The number of benzene rings is 1. The highest BCUT2D eigenvalue weighted by Crippen LogP contribution is 2.33. The number of likely N-dealkylation sites (tertiary alicyclic amines) is 1. The number of hydrogen-bond acceptors (Lipinski definition) is 5. The molecule has 158 valence electrons. The molecule has 3 aliphatic rings. The molecule has 3 atom stereocenters. The van der Waals surface area contributed by atoms with Crippen molar-refractivity contribution in [3.63, 3.8) is 0 Å². The van der Waals surface area contributed by atoms with Gasteiger partial charge in [-0.15, -0.1) is 0 Å². The highest BCUT2D eigenvalue weighted by molar-refractivity contribution is 6.03. The summed E-state index contributed by atoms with van der Waals surface area (Å²) < 4.78 is 5.64. The van der Waals surface area contributed by atoms with Crippen LogP contribution in [0.1, 0.15) is 45.4 Å². The second-order valence-electron chi connectivity index (χ2n) is 8.45. The Balaban J connectivity index is 1.31. The molecule has 2 aliphatic heterocycles. The molecule has 0 bridgehead atoms. The van der Waals surface area contributed by atoms with E-state index in [1.54, 1.807) is 13.0 Å². The van der Waals surface area contributed by atoms with Crippen LogP contribution in [0.4, 0.5) is 5.69 Å². The van der Waals surface area contributed by atoms with Crippen molar-refractivity contribution in [2.45, 2.75) is 69.7 Å². The van der Waals surface area contributed by atoms with Crippen molar-refractivity contribution in [3.05, 3.63) is 24.3 Å². The molecule has 0 radical (unpaired) electrons. The first-order valence-corrected chi connectivity index (χ1v) is 10.8. The Kier molecular flexibility index (Phi) is 6.06. The van der Waals surface area contributed by atoms with E-state index >= 15 is 0 Å². The van der Waals surface area contributed by atoms with E-state index in [2.05, 4.69) is 10.2 Å². The Labute approximate surface area is 172 Å². The van der Waals surface area contributed by atoms with Gasteiger partial charge in [0.15, 0.2) is 6.10 Å². The lowest BCUT2D eigenvalue weighted by molar-refractivity contribution is -0.128. The Morgan fingerprint density at radius 3 is 2.66 bits per heavy atom. The quantitative estimate of drug-likeness (QED) is 0.802. The smallest absolute Gasteiger partial charge is 0.268 e. The number of hydrogen-bond donors (Lipinski definition) is 2. The summed E-state index contributed by atoms with van der Waals surface area (Å²) in [5.41, 5.74) is 0.645. The third kappa shape index (κ3) is 4.41. The molecule has 29 heavy (non-hydrogen) atoms. The summed E-state index contributed by atoms with van der Waals surface area (Å²) in [6, 6.07) is 7.70. The van der Waals surface area contributed by atoms with E-state index in [0.29, 0.717) is 11.4 Å². The largest absolute Gasteiger partial charge is 0.479 e. The maximum atomic E-state index is 12.7. The number of rotatable bonds is 4. The number of nitrogens with one attached hydrogen (secondary N) is 1. The minimum atomic E-state index is -0.595. The van der Waals surface area contributed by atoms with Crippen LogP contribution in [0.25, 0.3) is 0 Å². The van der Waals surface area contributed by atoms with Crippen molar-refractivity contribution in [1.82, 2.24) is 10.2 Å². The van der Waals surface area contributed by atoms with Crippen molar-refractivity contribution in [2.75, 3.05) is 24.5 Å². The second kappa shape index (κ2) is 8.71. The van der Waals surface area contributed by atoms with Crippen molar-refractivity contribution in [2.24, 2.45) is 0 Å². The zero-order valence-corrected chi connectivity index (χ0v) is 17.0. The highest BCUT2D eigenvalue weighted by atomic mass is 16.5. The van der Waals surface area contributed by atoms with Gasteiger partial charge in [0, 0.05) is 25.2 Å². The van der Waals surface area contributed by atoms with Gasteiger partial charge in [-0.2, -0.15) is 0 Å². The van der Waals surface area contributed by atoms with Gasteiger partial charge >= 0.3 is 0 Å². The van der Waals surface area contributed by atoms with Gasteiger partial charge in [-0.25, -0.2) is 0 Å². The summed E-state index contributed by atoms with van der Waals surface area (Å²) in [5.74, 6) is 0.296. The van der Waals surface area contributed by atoms with Gasteiger partial charge in [0.2, 0.25) is 5.91 Å². The van der Waals surface area contributed by atoms with Crippen molar-refractivity contribution < 1.29 is 19.4 Å². The van der Waals surface area contributed by atoms with Gasteiger partial charge in [-0.05, 0) is 44.7 Å². The number of ether oxygens (including phenoxy) is 1. The van der Waals surface area contributed by atoms with E-state index in [0.717, 1.165) is 45.2 Å². The van der Waals surface area contributed by atoms with Gasteiger partial charge in [0.1, 0.15) is 12.3 Å². The van der Waals surface area contributed by atoms with Crippen molar-refractivity contribution in [1.29, 1.82) is 0 Å². The predicted molar refractivity (Wildman–Crippen MR) is 110 cm³/mol. The predicted octanol–water partition coefficient (Wildman–Crippen LogP) is 1.68. The molecule has 0 spiro atoms. The summed E-state index contributed by atoms with van der Waals surface area (Å²) in [5, 5.41) is 13.4. The number of amides is 2. The molecular weight excluding hydrogens is 370 g/mol. The molecular formula is C22H31N3O4. The Hall–Kier alpha value is -2.12. The van der Waals surface area contributed by atoms with Crippen LogP contribution in [-0.2, 0) is 9.59 Å². The zero-order chi connectivity index (χ0) is 20.4. The number of carbonyl (C=O) groups is 2. The lowest BCUT2D eigenvalue weighted by atomic mass is 9.89. The fraction of sp³-hybridized carbons (Fsp3) is 0.636. The number of aliphatic hydroxyl groups is 1. The second-order valence-corrected chi connectivity index (χ2v) is 8.45. The van der Waals surface area contributed by atoms with E-state index in [1.807, 2.05) is 18.2 Å². The molecule has 2 amide bonds. The summed E-state index contributed by atoms with van der Waals surface area (Å²) in [6.45, 7) is 3.50. The van der Waals surface area contributed by atoms with E-state index in [9.17, 15) is 14.7 Å². The van der Waals surface area contributed by atoms with E-state index < -0.39 is 6.10 Å². The first-order chi connectivity index (χ1) is 14.0. The molecule has 1 aromatic carbocycles. The number of nitrogens with zero attached hydrogens (tertiary/aromatic N) is 2. The van der Waals surface area contributed by atoms with Crippen LogP contribution < -0.4 is 15.0 Å². The third-order valence-electron chi connectivity index (χ3n) is 6.43. The molecule has 2 heterocycles. The van der Waals surface area contributed by atoms with Gasteiger partial charge in [0.25, 0.3) is 5.91 Å². The lowest BCUT2D eigenvalue weighted by Crippen LogP contribution is -2.54. The molecule has 2 fully saturated rings. The lowest BCUT2D eigenvalue weighted by Gasteiger charge is -2.41. The molecule has 1 saturated carbocycles. The number of para-hydroxylation sites is 2. The Bertz CT molecular complexity index is 747. The van der Waals surface area contributed by atoms with Crippen LogP contribution in [0.2, 0.25) is 0 Å². The minimum absolute atomic E-state index is 0.00506. The normalized spacial score (nSPS) is 28.6. The van der Waals surface area contributed by atoms with Gasteiger partial charge in [-0.1, -0.05) is 25.0 Å². The summed E-state index contributed by atoms with van der Waals surface area (Å²) >= 11 is 0. The standard InChI is InChI=1S/C22H31N3O4/c1-15-22(28)25(18-7-3-5-9-20(18)29-15)14-21(27)23-16-10-12-24(13-11-16)17-6-2-4-8-19(17)26/h3,5,7,9,15-17,19,26H,2,4,6,8,10-14H2,1H3,(H,23,27)/t15-,17+,19-/m0/s1. The zero-order valence-electron chi connectivity index (χ0n) is 17.0. The highest BCUT2D eigenvalue weighted by Gasteiger charge is 2.34. The van der Waals surface area contributed by atoms with Crippen LogP contribution >= 0.6 is 0 Å². The van der Waals surface area contributed by atoms with Gasteiger partial charge in [0.05, 0.1) is 11.8 Å². The molecule has 1 saturated heterocycles. The molecule has 0 unspecified atom stereocenters. The topological polar surface area (TPSA) is 82.1 Å². The maximum absolute atomic E-state index is 12.7. The number of fused-ring (bicyclic) bond motifs is 1. The van der Waals surface area contributed by atoms with Crippen LogP contribution in [0.15, 0.2) is 24.3 Å². The van der Waals surface area contributed by atoms with Gasteiger partial charge < -0.3 is 15.2 Å². The Morgan fingerprint density at radius 2 is 1.90 bits per heavy atom. The Morgan fingerprint density at radius 1 is 1.17 bits per heavy atom. The average Bonchev–Trinajstić information content (AvgIpc) is 2.72. The van der Waals surface area contributed by atoms with Crippen molar-refractivity contribution >= 4 is 17.5 Å². The summed E-state index contributed by atoms with van der Waals surface area (Å²) in [6.07, 6.45) is 5.20. The summed E-state index contributed by atoms with van der Waals surface area (Å²) in [7, 11) is 0. The number of aliphatic hydroxyl groups excluding tert-OH is 1. The van der Waals surface area contributed by atoms with Crippen LogP contribution in [0.5, 0.6) is 5.75 Å². The fourth-order valence-corrected chi connectivity index (χ4v) is 4.83. The molecule has 0 aromatic heterocycles. The molecule has 1 aromatic rings. The minimum Gasteiger partial charge on any atom is -0.479 e.